The normalized spacial score (nSPS) is 12.4. The maximum atomic E-state index is 11.8. The van der Waals surface area contributed by atoms with E-state index in [0.717, 1.165) is 0 Å². The van der Waals surface area contributed by atoms with E-state index in [9.17, 15) is 8.42 Å². The summed E-state index contributed by atoms with van der Waals surface area (Å²) in [6, 6.07) is 7.03. The highest BCUT2D eigenvalue weighted by Crippen LogP contribution is 2.11. The molecule has 0 heterocycles. The fourth-order valence-corrected chi connectivity index (χ4v) is 2.28. The number of terminal acetylenes is 1. The van der Waals surface area contributed by atoms with Crippen molar-refractivity contribution < 1.29 is 8.42 Å². The number of nitrogens with zero attached hydrogens (tertiary/aromatic N) is 1. The number of rotatable bonds is 3. The lowest BCUT2D eigenvalue weighted by atomic mass is 10.2. The van der Waals surface area contributed by atoms with Crippen LogP contribution in [0.15, 0.2) is 29.2 Å². The zero-order chi connectivity index (χ0) is 12.2. The summed E-state index contributed by atoms with van der Waals surface area (Å²) in [5.74, 6) is 2.26. The lowest BCUT2D eigenvalue weighted by Crippen LogP contribution is -2.31. The molecule has 0 aliphatic heterocycles. The third kappa shape index (κ3) is 2.83. The third-order valence-electron chi connectivity index (χ3n) is 1.86. The maximum absolute atomic E-state index is 11.8. The van der Waals surface area contributed by atoms with Crippen LogP contribution >= 0.6 is 0 Å². The Hall–Kier alpha value is -1.82. The smallest absolute Gasteiger partial charge is 0.207 e. The second-order valence-electron chi connectivity index (χ2n) is 3.15. The molecule has 0 aliphatic rings. The van der Waals surface area contributed by atoms with E-state index in [1.54, 1.807) is 6.92 Å². The van der Waals surface area contributed by atoms with Crippen LogP contribution < -0.4 is 4.72 Å². The summed E-state index contributed by atoms with van der Waals surface area (Å²) in [6.45, 7) is 1.56. The number of benzene rings is 1. The van der Waals surface area contributed by atoms with Crippen LogP contribution in [0, 0.1) is 23.7 Å². The molecule has 1 aromatic carbocycles. The molecule has 0 aromatic heterocycles. The van der Waals surface area contributed by atoms with Gasteiger partial charge in [0.1, 0.15) is 0 Å². The molecule has 0 saturated carbocycles. The quantitative estimate of drug-likeness (QED) is 0.788. The van der Waals surface area contributed by atoms with Gasteiger partial charge >= 0.3 is 0 Å². The molecule has 0 bridgehead atoms. The lowest BCUT2D eigenvalue weighted by molar-refractivity contribution is 0.577. The van der Waals surface area contributed by atoms with Gasteiger partial charge < -0.3 is 0 Å². The van der Waals surface area contributed by atoms with E-state index in [4.69, 9.17) is 11.7 Å². The molecular formula is C11H10N2O2S. The minimum atomic E-state index is -3.65. The van der Waals surface area contributed by atoms with Crippen LogP contribution in [0.5, 0.6) is 0 Å². The van der Waals surface area contributed by atoms with Gasteiger partial charge in [-0.1, -0.05) is 12.0 Å². The van der Waals surface area contributed by atoms with Crippen LogP contribution in [-0.2, 0) is 10.0 Å². The summed E-state index contributed by atoms with van der Waals surface area (Å²) in [6.07, 6.45) is 5.08. The van der Waals surface area contributed by atoms with Gasteiger partial charge in [-0.05, 0) is 25.1 Å². The van der Waals surface area contributed by atoms with Gasteiger partial charge in [-0.2, -0.15) is 9.98 Å². The Bertz CT molecular complexity index is 564. The van der Waals surface area contributed by atoms with E-state index in [2.05, 4.69) is 10.6 Å². The summed E-state index contributed by atoms with van der Waals surface area (Å²) in [5.41, 5.74) is 0.288. The first-order chi connectivity index (χ1) is 7.49. The highest BCUT2D eigenvalue weighted by molar-refractivity contribution is 7.89. The monoisotopic (exact) mass is 234 g/mol. The van der Waals surface area contributed by atoms with E-state index in [1.807, 2.05) is 6.07 Å². The Morgan fingerprint density at radius 2 is 2.19 bits per heavy atom. The minimum Gasteiger partial charge on any atom is -0.207 e. The van der Waals surface area contributed by atoms with Gasteiger partial charge in [0.2, 0.25) is 10.0 Å². The predicted octanol–water partition coefficient (Wildman–Crippen LogP) is 0.858. The lowest BCUT2D eigenvalue weighted by Gasteiger charge is -2.08. The first kappa shape index (κ1) is 12.3. The molecule has 0 radical (unpaired) electrons. The summed E-state index contributed by atoms with van der Waals surface area (Å²) in [4.78, 5) is 0.0358. The molecular weight excluding hydrogens is 224 g/mol. The topological polar surface area (TPSA) is 70.0 Å². The zero-order valence-electron chi connectivity index (χ0n) is 8.64. The average Bonchev–Trinajstić information content (AvgIpc) is 2.28. The summed E-state index contributed by atoms with van der Waals surface area (Å²) in [7, 11) is -3.65. The molecule has 0 saturated heterocycles. The fraction of sp³-hybridized carbons (Fsp3) is 0.182. The third-order valence-corrected chi connectivity index (χ3v) is 3.39. The number of hydrogen-bond acceptors (Lipinski definition) is 3. The van der Waals surface area contributed by atoms with Gasteiger partial charge in [0, 0.05) is 0 Å². The van der Waals surface area contributed by atoms with Crippen molar-refractivity contribution in [3.63, 3.8) is 0 Å². The van der Waals surface area contributed by atoms with Crippen molar-refractivity contribution in [3.8, 4) is 18.4 Å². The maximum Gasteiger partial charge on any atom is 0.241 e. The van der Waals surface area contributed by atoms with Gasteiger partial charge in [0.25, 0.3) is 0 Å². The second-order valence-corrected chi connectivity index (χ2v) is 4.86. The summed E-state index contributed by atoms with van der Waals surface area (Å²) < 4.78 is 25.8. The van der Waals surface area contributed by atoms with Crippen molar-refractivity contribution in [1.82, 2.24) is 4.72 Å². The number of nitriles is 1. The zero-order valence-corrected chi connectivity index (χ0v) is 9.45. The molecule has 0 spiro atoms. The molecule has 16 heavy (non-hydrogen) atoms. The molecule has 0 aliphatic carbocycles. The van der Waals surface area contributed by atoms with Crippen molar-refractivity contribution in [2.24, 2.45) is 0 Å². The molecule has 1 aromatic rings. The molecule has 1 atom stereocenters. The van der Waals surface area contributed by atoms with Crippen molar-refractivity contribution >= 4 is 10.0 Å². The average molecular weight is 234 g/mol. The molecule has 1 unspecified atom stereocenters. The number of sulfonamides is 1. The largest absolute Gasteiger partial charge is 0.241 e. The van der Waals surface area contributed by atoms with E-state index in [-0.39, 0.29) is 10.5 Å². The Labute approximate surface area is 95.0 Å². The van der Waals surface area contributed by atoms with Crippen LogP contribution in [0.2, 0.25) is 0 Å². The second kappa shape index (κ2) is 4.80. The SMILES string of the molecule is C#CC(C)NS(=O)(=O)c1cccc(C#N)c1. The Kier molecular flexibility index (Phi) is 3.68. The molecule has 0 fully saturated rings. The number of hydrogen-bond donors (Lipinski definition) is 1. The first-order valence-electron chi connectivity index (χ1n) is 4.48. The van der Waals surface area contributed by atoms with Gasteiger partial charge in [-0.25, -0.2) is 8.42 Å². The van der Waals surface area contributed by atoms with E-state index >= 15 is 0 Å². The Balaban J connectivity index is 3.10. The molecule has 1 rings (SSSR count). The molecule has 1 N–H and O–H groups in total. The van der Waals surface area contributed by atoms with Crippen molar-refractivity contribution in [1.29, 1.82) is 5.26 Å². The van der Waals surface area contributed by atoms with Crippen LogP contribution in [0.1, 0.15) is 12.5 Å². The Morgan fingerprint density at radius 1 is 1.50 bits per heavy atom. The molecule has 5 heteroatoms. The highest BCUT2D eigenvalue weighted by Gasteiger charge is 2.16. The van der Waals surface area contributed by atoms with E-state index < -0.39 is 16.1 Å². The van der Waals surface area contributed by atoms with Crippen LogP contribution in [-0.4, -0.2) is 14.5 Å². The molecule has 0 amide bonds. The van der Waals surface area contributed by atoms with Crippen LogP contribution in [0.25, 0.3) is 0 Å². The van der Waals surface area contributed by atoms with Gasteiger partial charge in [0.05, 0.1) is 22.6 Å². The van der Waals surface area contributed by atoms with Crippen molar-refractivity contribution in [3.05, 3.63) is 29.8 Å². The highest BCUT2D eigenvalue weighted by atomic mass is 32.2. The van der Waals surface area contributed by atoms with Crippen molar-refractivity contribution in [2.45, 2.75) is 17.9 Å². The van der Waals surface area contributed by atoms with Crippen molar-refractivity contribution in [2.75, 3.05) is 0 Å². The molecule has 82 valence electrons. The van der Waals surface area contributed by atoms with Crippen LogP contribution in [0.4, 0.5) is 0 Å². The Morgan fingerprint density at radius 3 is 2.75 bits per heavy atom. The predicted molar refractivity (Wildman–Crippen MR) is 59.8 cm³/mol. The first-order valence-corrected chi connectivity index (χ1v) is 5.96. The summed E-state index contributed by atoms with van der Waals surface area (Å²) in [5, 5.41) is 8.66. The minimum absolute atomic E-state index is 0.0358. The fourth-order valence-electron chi connectivity index (χ4n) is 1.07. The standard InChI is InChI=1S/C11H10N2O2S/c1-3-9(2)13-16(14,15)11-6-4-5-10(7-11)8-12/h1,4-7,9,13H,2H3. The van der Waals surface area contributed by atoms with E-state index in [0.29, 0.717) is 0 Å². The van der Waals surface area contributed by atoms with Crippen LogP contribution in [0.3, 0.4) is 0 Å². The van der Waals surface area contributed by atoms with Gasteiger partial charge in [0.15, 0.2) is 0 Å². The van der Waals surface area contributed by atoms with Gasteiger partial charge in [-0.15, -0.1) is 6.42 Å². The van der Waals surface area contributed by atoms with Gasteiger partial charge in [-0.3, -0.25) is 0 Å². The number of nitrogens with one attached hydrogen (secondary N) is 1. The molecule has 4 nitrogen and oxygen atoms in total. The van der Waals surface area contributed by atoms with E-state index in [1.165, 1.54) is 24.3 Å². The summed E-state index contributed by atoms with van der Waals surface area (Å²) >= 11 is 0.